The van der Waals surface area contributed by atoms with Crippen LogP contribution >= 0.6 is 0 Å². The molecule has 4 aromatic rings. The molecule has 1 aromatic heterocycles. The number of carbonyl (C=O) groups excluding carboxylic acids is 2. The summed E-state index contributed by atoms with van der Waals surface area (Å²) in [5.74, 6) is 0.272. The molecule has 0 saturated heterocycles. The third-order valence-corrected chi connectivity index (χ3v) is 5.42. The van der Waals surface area contributed by atoms with E-state index in [0.29, 0.717) is 19.6 Å². The highest BCUT2D eigenvalue weighted by Crippen LogP contribution is 2.29. The molecule has 4 rings (SSSR count). The minimum atomic E-state index is -0.668. The standard InChI is InChI=1S/C27H27N3O3/c1-19(31)30-25(17-21-18-29-24-13-7-5-11-22(21)24)27(32)28-15-16-33-26-14-8-6-12-23(26)20-9-3-2-4-10-20/h2-14,18,25,29H,15-17H2,1H3,(H,28,32)(H,30,31). The SMILES string of the molecule is CC(=O)NC(Cc1c[nH]c2ccccc12)C(=O)NCCOc1ccccc1-c1ccccc1. The van der Waals surface area contributed by atoms with E-state index in [4.69, 9.17) is 4.74 Å². The molecule has 2 amide bonds. The summed E-state index contributed by atoms with van der Waals surface area (Å²) >= 11 is 0. The fourth-order valence-corrected chi connectivity index (χ4v) is 3.88. The number of aromatic nitrogens is 1. The first-order valence-electron chi connectivity index (χ1n) is 11.0. The zero-order chi connectivity index (χ0) is 23.0. The van der Waals surface area contributed by atoms with Crippen LogP contribution in [0.2, 0.25) is 0 Å². The fraction of sp³-hybridized carbons (Fsp3) is 0.185. The van der Waals surface area contributed by atoms with Gasteiger partial charge in [-0.2, -0.15) is 0 Å². The number of benzene rings is 3. The van der Waals surface area contributed by atoms with Gasteiger partial charge in [0.15, 0.2) is 0 Å². The molecule has 6 heteroatoms. The molecular weight excluding hydrogens is 414 g/mol. The average Bonchev–Trinajstić information content (AvgIpc) is 3.24. The van der Waals surface area contributed by atoms with Crippen LogP contribution in [0.5, 0.6) is 5.75 Å². The van der Waals surface area contributed by atoms with Crippen molar-refractivity contribution in [3.8, 4) is 16.9 Å². The summed E-state index contributed by atoms with van der Waals surface area (Å²) < 4.78 is 5.96. The van der Waals surface area contributed by atoms with Gasteiger partial charge in [0.2, 0.25) is 11.8 Å². The molecule has 0 bridgehead atoms. The molecule has 1 heterocycles. The van der Waals surface area contributed by atoms with Crippen molar-refractivity contribution in [2.45, 2.75) is 19.4 Å². The Morgan fingerprint density at radius 3 is 2.48 bits per heavy atom. The quantitative estimate of drug-likeness (QED) is 0.342. The number of para-hydroxylation sites is 2. The van der Waals surface area contributed by atoms with Gasteiger partial charge in [0, 0.05) is 36.0 Å². The molecule has 168 valence electrons. The summed E-state index contributed by atoms with van der Waals surface area (Å²) in [5.41, 5.74) is 4.05. The molecule has 0 fully saturated rings. The molecule has 0 aliphatic heterocycles. The van der Waals surface area contributed by atoms with E-state index in [-0.39, 0.29) is 11.8 Å². The zero-order valence-corrected chi connectivity index (χ0v) is 18.5. The maximum atomic E-state index is 12.8. The van der Waals surface area contributed by atoms with Crippen LogP contribution in [0, 0.1) is 0 Å². The van der Waals surface area contributed by atoms with Gasteiger partial charge in [-0.1, -0.05) is 66.7 Å². The van der Waals surface area contributed by atoms with E-state index in [1.807, 2.05) is 85.1 Å². The van der Waals surface area contributed by atoms with Crippen LogP contribution < -0.4 is 15.4 Å². The van der Waals surface area contributed by atoms with Crippen LogP contribution in [0.1, 0.15) is 12.5 Å². The Morgan fingerprint density at radius 2 is 1.67 bits per heavy atom. The van der Waals surface area contributed by atoms with Crippen LogP contribution in [-0.2, 0) is 16.0 Å². The lowest BCUT2D eigenvalue weighted by molar-refractivity contribution is -0.128. The van der Waals surface area contributed by atoms with Gasteiger partial charge < -0.3 is 20.4 Å². The summed E-state index contributed by atoms with van der Waals surface area (Å²) in [6, 6.07) is 25.1. The highest BCUT2D eigenvalue weighted by Gasteiger charge is 2.21. The minimum absolute atomic E-state index is 0.240. The van der Waals surface area contributed by atoms with Crippen LogP contribution in [0.4, 0.5) is 0 Å². The average molecular weight is 442 g/mol. The van der Waals surface area contributed by atoms with E-state index in [9.17, 15) is 9.59 Å². The molecule has 33 heavy (non-hydrogen) atoms. The third-order valence-electron chi connectivity index (χ3n) is 5.42. The molecular formula is C27H27N3O3. The van der Waals surface area contributed by atoms with Crippen molar-refractivity contribution in [2.24, 2.45) is 0 Å². The summed E-state index contributed by atoms with van der Waals surface area (Å²) in [6.45, 7) is 2.06. The first kappa shape index (κ1) is 22.1. The molecule has 1 atom stereocenters. The molecule has 1 unspecified atom stereocenters. The van der Waals surface area contributed by atoms with Gasteiger partial charge in [0.25, 0.3) is 0 Å². The first-order valence-corrected chi connectivity index (χ1v) is 11.0. The van der Waals surface area contributed by atoms with Crippen molar-refractivity contribution in [3.63, 3.8) is 0 Å². The number of hydrogen-bond acceptors (Lipinski definition) is 3. The number of ether oxygens (including phenoxy) is 1. The normalized spacial score (nSPS) is 11.7. The van der Waals surface area contributed by atoms with Crippen LogP contribution in [0.3, 0.4) is 0 Å². The van der Waals surface area contributed by atoms with Crippen molar-refractivity contribution in [1.82, 2.24) is 15.6 Å². The number of H-pyrrole nitrogens is 1. The van der Waals surface area contributed by atoms with E-state index in [1.54, 1.807) is 0 Å². The predicted molar refractivity (Wildman–Crippen MR) is 130 cm³/mol. The van der Waals surface area contributed by atoms with E-state index >= 15 is 0 Å². The number of amides is 2. The second-order valence-corrected chi connectivity index (χ2v) is 7.82. The topological polar surface area (TPSA) is 83.2 Å². The van der Waals surface area contributed by atoms with Gasteiger partial charge in [-0.15, -0.1) is 0 Å². The Hall–Kier alpha value is -4.06. The number of rotatable bonds is 9. The van der Waals surface area contributed by atoms with Gasteiger partial charge in [-0.25, -0.2) is 0 Å². The molecule has 0 aliphatic rings. The van der Waals surface area contributed by atoms with Crippen molar-refractivity contribution in [3.05, 3.63) is 90.6 Å². The van der Waals surface area contributed by atoms with Crippen molar-refractivity contribution in [2.75, 3.05) is 13.2 Å². The zero-order valence-electron chi connectivity index (χ0n) is 18.5. The van der Waals surface area contributed by atoms with Crippen LogP contribution in [0.25, 0.3) is 22.0 Å². The summed E-state index contributed by atoms with van der Waals surface area (Å²) in [7, 11) is 0. The Morgan fingerprint density at radius 1 is 0.939 bits per heavy atom. The van der Waals surface area contributed by atoms with Crippen LogP contribution in [-0.4, -0.2) is 36.0 Å². The molecule has 3 N–H and O–H groups in total. The largest absolute Gasteiger partial charge is 0.491 e. The molecule has 0 saturated carbocycles. The lowest BCUT2D eigenvalue weighted by Gasteiger charge is -2.18. The van der Waals surface area contributed by atoms with Gasteiger partial charge in [0.05, 0.1) is 6.54 Å². The van der Waals surface area contributed by atoms with Crippen molar-refractivity contribution >= 4 is 22.7 Å². The van der Waals surface area contributed by atoms with Gasteiger partial charge in [-0.05, 0) is 23.3 Å². The predicted octanol–water partition coefficient (Wildman–Crippen LogP) is 4.08. The summed E-state index contributed by atoms with van der Waals surface area (Å²) in [5, 5.41) is 6.70. The number of nitrogens with one attached hydrogen (secondary N) is 3. The van der Waals surface area contributed by atoms with Crippen molar-refractivity contribution in [1.29, 1.82) is 0 Å². The Bertz CT molecular complexity index is 1230. The van der Waals surface area contributed by atoms with E-state index < -0.39 is 6.04 Å². The second kappa shape index (κ2) is 10.5. The van der Waals surface area contributed by atoms with Crippen LogP contribution in [0.15, 0.2) is 85.1 Å². The van der Waals surface area contributed by atoms with Crippen molar-refractivity contribution < 1.29 is 14.3 Å². The van der Waals surface area contributed by atoms with Gasteiger partial charge in [-0.3, -0.25) is 9.59 Å². The molecule has 0 spiro atoms. The molecule has 3 aromatic carbocycles. The molecule has 6 nitrogen and oxygen atoms in total. The lowest BCUT2D eigenvalue weighted by atomic mass is 10.0. The third kappa shape index (κ3) is 5.60. The van der Waals surface area contributed by atoms with Gasteiger partial charge >= 0.3 is 0 Å². The highest BCUT2D eigenvalue weighted by molar-refractivity contribution is 5.89. The highest BCUT2D eigenvalue weighted by atomic mass is 16.5. The molecule has 0 aliphatic carbocycles. The Kier molecular flexibility index (Phi) is 7.05. The number of hydrogen-bond donors (Lipinski definition) is 3. The van der Waals surface area contributed by atoms with Gasteiger partial charge in [0.1, 0.15) is 18.4 Å². The fourth-order valence-electron chi connectivity index (χ4n) is 3.88. The number of fused-ring (bicyclic) bond motifs is 1. The Balaban J connectivity index is 1.36. The first-order chi connectivity index (χ1) is 16.1. The van der Waals surface area contributed by atoms with E-state index in [1.165, 1.54) is 6.92 Å². The molecule has 0 radical (unpaired) electrons. The van der Waals surface area contributed by atoms with E-state index in [2.05, 4.69) is 15.6 Å². The minimum Gasteiger partial charge on any atom is -0.491 e. The van der Waals surface area contributed by atoms with E-state index in [0.717, 1.165) is 33.3 Å². The maximum absolute atomic E-state index is 12.8. The maximum Gasteiger partial charge on any atom is 0.243 e. The number of aromatic amines is 1. The summed E-state index contributed by atoms with van der Waals surface area (Å²) in [6.07, 6.45) is 2.28. The smallest absolute Gasteiger partial charge is 0.243 e. The summed E-state index contributed by atoms with van der Waals surface area (Å²) in [4.78, 5) is 27.8. The second-order valence-electron chi connectivity index (χ2n) is 7.82. The Labute approximate surface area is 193 Å². The number of carbonyl (C=O) groups is 2. The monoisotopic (exact) mass is 441 g/mol. The lowest BCUT2D eigenvalue weighted by Crippen LogP contribution is -2.48.